The average molecular weight is 296 g/mol. The van der Waals surface area contributed by atoms with Crippen molar-refractivity contribution in [3.05, 3.63) is 29.6 Å². The fourth-order valence-electron chi connectivity index (χ4n) is 2.50. The summed E-state index contributed by atoms with van der Waals surface area (Å²) < 4.78 is 18.4. The van der Waals surface area contributed by atoms with E-state index in [2.05, 4.69) is 5.32 Å². The number of ether oxygens (including phenoxy) is 1. The van der Waals surface area contributed by atoms with Crippen LogP contribution in [0.2, 0.25) is 0 Å². The van der Waals surface area contributed by atoms with Crippen molar-refractivity contribution in [2.75, 3.05) is 27.2 Å². The van der Waals surface area contributed by atoms with Crippen LogP contribution in [0.1, 0.15) is 12.0 Å². The molecule has 0 spiro atoms. The van der Waals surface area contributed by atoms with Crippen molar-refractivity contribution in [3.8, 4) is 5.75 Å². The second kappa shape index (κ2) is 6.87. The molecule has 1 amide bonds. The van der Waals surface area contributed by atoms with E-state index in [-0.39, 0.29) is 18.2 Å². The van der Waals surface area contributed by atoms with E-state index >= 15 is 0 Å². The van der Waals surface area contributed by atoms with Gasteiger partial charge in [0.15, 0.2) is 11.6 Å². The first-order valence-electron chi connectivity index (χ1n) is 6.98. The molecule has 0 unspecified atom stereocenters. The average Bonchev–Trinajstić information content (AvgIpc) is 2.47. The van der Waals surface area contributed by atoms with Gasteiger partial charge in [-0.25, -0.2) is 4.39 Å². The predicted molar refractivity (Wildman–Crippen MR) is 76.4 cm³/mol. The zero-order chi connectivity index (χ0) is 15.4. The van der Waals surface area contributed by atoms with Gasteiger partial charge < -0.3 is 20.1 Å². The molecule has 21 heavy (non-hydrogen) atoms. The minimum absolute atomic E-state index is 0.175. The van der Waals surface area contributed by atoms with Crippen molar-refractivity contribution < 1.29 is 19.0 Å². The molecular formula is C15H21FN2O3. The molecule has 1 heterocycles. The number of methoxy groups -OCH3 is 1. The topological polar surface area (TPSA) is 61.8 Å². The lowest BCUT2D eigenvalue weighted by atomic mass is 9.94. The predicted octanol–water partition coefficient (Wildman–Crippen LogP) is 0.763. The second-order valence-corrected chi connectivity index (χ2v) is 5.41. The van der Waals surface area contributed by atoms with Gasteiger partial charge in [-0.05, 0) is 31.2 Å². The van der Waals surface area contributed by atoms with Crippen LogP contribution in [0.4, 0.5) is 4.39 Å². The van der Waals surface area contributed by atoms with Gasteiger partial charge in [-0.1, -0.05) is 6.07 Å². The van der Waals surface area contributed by atoms with E-state index < -0.39 is 17.8 Å². The Morgan fingerprint density at radius 2 is 2.33 bits per heavy atom. The number of aliphatic hydroxyl groups is 1. The first-order chi connectivity index (χ1) is 10.0. The summed E-state index contributed by atoms with van der Waals surface area (Å²) in [5.41, 5.74) is 0.653. The third kappa shape index (κ3) is 3.92. The molecule has 1 aromatic carbocycles. The molecule has 1 fully saturated rings. The lowest BCUT2D eigenvalue weighted by Crippen LogP contribution is -2.48. The Kier molecular flexibility index (Phi) is 5.14. The Morgan fingerprint density at radius 3 is 3.00 bits per heavy atom. The summed E-state index contributed by atoms with van der Waals surface area (Å²) in [6.07, 6.45) is -0.0278. The van der Waals surface area contributed by atoms with Gasteiger partial charge in [-0.3, -0.25) is 4.79 Å². The number of aliphatic hydroxyl groups excluding tert-OH is 1. The van der Waals surface area contributed by atoms with E-state index in [1.54, 1.807) is 6.07 Å². The molecule has 0 saturated carbocycles. The Morgan fingerprint density at radius 1 is 1.57 bits per heavy atom. The number of rotatable bonds is 4. The Labute approximate surface area is 123 Å². The van der Waals surface area contributed by atoms with Crippen molar-refractivity contribution in [1.29, 1.82) is 0 Å². The van der Waals surface area contributed by atoms with Crippen LogP contribution in [0.15, 0.2) is 18.2 Å². The monoisotopic (exact) mass is 296 g/mol. The van der Waals surface area contributed by atoms with Crippen LogP contribution in [0, 0.1) is 11.7 Å². The second-order valence-electron chi connectivity index (χ2n) is 5.41. The van der Waals surface area contributed by atoms with Crippen LogP contribution >= 0.6 is 0 Å². The summed E-state index contributed by atoms with van der Waals surface area (Å²) in [6.45, 7) is 1.55. The number of halogens is 1. The molecule has 6 heteroatoms. The number of carbonyl (C=O) groups excluding carboxylic acids is 1. The van der Waals surface area contributed by atoms with E-state index in [0.29, 0.717) is 18.5 Å². The summed E-state index contributed by atoms with van der Waals surface area (Å²) >= 11 is 0. The third-order valence-electron chi connectivity index (χ3n) is 3.80. The minimum Gasteiger partial charge on any atom is -0.494 e. The molecule has 0 bridgehead atoms. The summed E-state index contributed by atoms with van der Waals surface area (Å²) in [5, 5.41) is 12.7. The highest BCUT2D eigenvalue weighted by atomic mass is 19.1. The van der Waals surface area contributed by atoms with E-state index in [9.17, 15) is 14.3 Å². The maximum atomic E-state index is 13.6. The minimum atomic E-state index is -0.617. The number of likely N-dealkylation sites (tertiary alicyclic amines) is 1. The largest absolute Gasteiger partial charge is 0.494 e. The highest BCUT2D eigenvalue weighted by molar-refractivity contribution is 5.79. The highest BCUT2D eigenvalue weighted by Gasteiger charge is 2.31. The number of amides is 1. The van der Waals surface area contributed by atoms with Gasteiger partial charge in [0.1, 0.15) is 0 Å². The molecule has 2 atom stereocenters. The van der Waals surface area contributed by atoms with E-state index in [0.717, 1.165) is 6.54 Å². The molecule has 0 aliphatic carbocycles. The molecule has 0 aromatic heterocycles. The van der Waals surface area contributed by atoms with Crippen LogP contribution in [-0.4, -0.2) is 49.3 Å². The van der Waals surface area contributed by atoms with Gasteiger partial charge in [-0.15, -0.1) is 0 Å². The lowest BCUT2D eigenvalue weighted by molar-refractivity contribution is -0.131. The van der Waals surface area contributed by atoms with Crippen LogP contribution in [0.25, 0.3) is 0 Å². The summed E-state index contributed by atoms with van der Waals surface area (Å²) in [6, 6.07) is 4.56. The fourth-order valence-corrected chi connectivity index (χ4v) is 2.50. The number of benzene rings is 1. The molecule has 2 N–H and O–H groups in total. The third-order valence-corrected chi connectivity index (χ3v) is 3.80. The smallest absolute Gasteiger partial charge is 0.227 e. The van der Waals surface area contributed by atoms with Crippen molar-refractivity contribution >= 4 is 5.91 Å². The standard InChI is InChI=1S/C15H21FN2O3/c1-18-6-5-13(19)11(9-18)15(20)17-8-10-3-4-14(21-2)12(16)7-10/h3-4,7,11,13,19H,5-6,8-9H2,1-2H3,(H,17,20)/t11-,13+/m1/s1. The van der Waals surface area contributed by atoms with Gasteiger partial charge in [0, 0.05) is 19.6 Å². The van der Waals surface area contributed by atoms with E-state index in [1.807, 2.05) is 11.9 Å². The van der Waals surface area contributed by atoms with Gasteiger partial charge in [-0.2, -0.15) is 0 Å². The maximum absolute atomic E-state index is 13.6. The summed E-state index contributed by atoms with van der Waals surface area (Å²) in [5.74, 6) is -0.923. The molecule has 1 saturated heterocycles. The number of piperidine rings is 1. The Hall–Kier alpha value is -1.66. The molecule has 2 rings (SSSR count). The fraction of sp³-hybridized carbons (Fsp3) is 0.533. The van der Waals surface area contributed by atoms with Crippen LogP contribution < -0.4 is 10.1 Å². The Balaban J connectivity index is 1.93. The molecule has 1 aliphatic rings. The van der Waals surface area contributed by atoms with Crippen LogP contribution in [0.3, 0.4) is 0 Å². The number of nitrogens with zero attached hydrogens (tertiary/aromatic N) is 1. The number of hydrogen-bond acceptors (Lipinski definition) is 4. The highest BCUT2D eigenvalue weighted by Crippen LogP contribution is 2.19. The molecule has 1 aliphatic heterocycles. The zero-order valence-electron chi connectivity index (χ0n) is 12.3. The van der Waals surface area contributed by atoms with Crippen molar-refractivity contribution in [1.82, 2.24) is 10.2 Å². The lowest BCUT2D eigenvalue weighted by Gasteiger charge is -2.32. The molecule has 1 aromatic rings. The molecule has 0 radical (unpaired) electrons. The van der Waals surface area contributed by atoms with Gasteiger partial charge >= 0.3 is 0 Å². The van der Waals surface area contributed by atoms with Crippen molar-refractivity contribution in [2.45, 2.75) is 19.1 Å². The normalized spacial score (nSPS) is 22.9. The molecule has 5 nitrogen and oxygen atoms in total. The van der Waals surface area contributed by atoms with Crippen LogP contribution in [-0.2, 0) is 11.3 Å². The number of nitrogens with one attached hydrogen (secondary N) is 1. The van der Waals surface area contributed by atoms with Crippen molar-refractivity contribution in [3.63, 3.8) is 0 Å². The van der Waals surface area contributed by atoms with Gasteiger partial charge in [0.25, 0.3) is 0 Å². The van der Waals surface area contributed by atoms with Gasteiger partial charge in [0.2, 0.25) is 5.91 Å². The summed E-state index contributed by atoms with van der Waals surface area (Å²) in [7, 11) is 3.33. The quantitative estimate of drug-likeness (QED) is 0.861. The van der Waals surface area contributed by atoms with E-state index in [1.165, 1.54) is 19.2 Å². The van der Waals surface area contributed by atoms with Crippen molar-refractivity contribution in [2.24, 2.45) is 5.92 Å². The SMILES string of the molecule is COc1ccc(CNC(=O)[C@@H]2CN(C)CC[C@@H]2O)cc1F. The summed E-state index contributed by atoms with van der Waals surface area (Å²) in [4.78, 5) is 14.1. The zero-order valence-corrected chi connectivity index (χ0v) is 12.3. The molecule has 116 valence electrons. The molecular weight excluding hydrogens is 275 g/mol. The van der Waals surface area contributed by atoms with Gasteiger partial charge in [0.05, 0.1) is 19.1 Å². The number of carbonyl (C=O) groups is 1. The first kappa shape index (κ1) is 15.7. The first-order valence-corrected chi connectivity index (χ1v) is 6.98. The number of hydrogen-bond donors (Lipinski definition) is 2. The maximum Gasteiger partial charge on any atom is 0.227 e. The van der Waals surface area contributed by atoms with E-state index in [4.69, 9.17) is 4.74 Å². The van der Waals surface area contributed by atoms with Crippen LogP contribution in [0.5, 0.6) is 5.75 Å². The Bertz CT molecular complexity index is 510.